The van der Waals surface area contributed by atoms with Gasteiger partial charge in [0.25, 0.3) is 0 Å². The monoisotopic (exact) mass is 240 g/mol. The van der Waals surface area contributed by atoms with Crippen molar-refractivity contribution < 1.29 is 14.3 Å². The van der Waals surface area contributed by atoms with Crippen LogP contribution in [0.1, 0.15) is 40.5 Å². The van der Waals surface area contributed by atoms with Gasteiger partial charge in [0.1, 0.15) is 5.60 Å². The summed E-state index contributed by atoms with van der Waals surface area (Å²) >= 11 is 0. The van der Waals surface area contributed by atoms with Gasteiger partial charge in [0.05, 0.1) is 18.4 Å². The number of hydrogen-bond donors (Lipinski definition) is 1. The zero-order valence-electron chi connectivity index (χ0n) is 10.9. The molecule has 0 saturated carbocycles. The highest BCUT2D eigenvalue weighted by Gasteiger charge is 2.17. The number of rotatable bonds is 5. The first-order valence-electron chi connectivity index (χ1n) is 5.63. The summed E-state index contributed by atoms with van der Waals surface area (Å²) in [6.45, 7) is 7.36. The topological polar surface area (TPSA) is 79.2 Å². The molecule has 0 bridgehead atoms. The fraction of sp³-hybridized carbons (Fsp3) is 0.750. The zero-order valence-corrected chi connectivity index (χ0v) is 10.9. The summed E-state index contributed by atoms with van der Waals surface area (Å²) in [5, 5.41) is 11.1. The van der Waals surface area contributed by atoms with Gasteiger partial charge in [0.15, 0.2) is 0 Å². The number of ether oxygens (including phenoxy) is 1. The molecule has 5 nitrogen and oxygen atoms in total. The van der Waals surface area contributed by atoms with Crippen molar-refractivity contribution in [3.63, 3.8) is 0 Å². The molecule has 0 spiro atoms. The Hall–Kier alpha value is -1.57. The number of amides is 1. The third-order valence-electron chi connectivity index (χ3n) is 1.80. The molecule has 0 aromatic heterocycles. The van der Waals surface area contributed by atoms with Crippen LogP contribution >= 0.6 is 0 Å². The van der Waals surface area contributed by atoms with E-state index < -0.39 is 5.60 Å². The molecular weight excluding hydrogens is 220 g/mol. The molecule has 0 unspecified atom stereocenters. The normalized spacial score (nSPS) is 12.4. The maximum atomic E-state index is 11.3. The van der Waals surface area contributed by atoms with Gasteiger partial charge in [-0.05, 0) is 27.7 Å². The maximum absolute atomic E-state index is 11.3. The lowest BCUT2D eigenvalue weighted by Crippen LogP contribution is -2.29. The molecule has 1 N–H and O–H groups in total. The van der Waals surface area contributed by atoms with Crippen LogP contribution in [0.3, 0.4) is 0 Å². The molecule has 0 radical (unpaired) electrons. The van der Waals surface area contributed by atoms with Crippen molar-refractivity contribution in [2.75, 3.05) is 6.54 Å². The van der Waals surface area contributed by atoms with Crippen molar-refractivity contribution in [3.8, 4) is 6.07 Å². The summed E-state index contributed by atoms with van der Waals surface area (Å²) in [4.78, 5) is 22.6. The van der Waals surface area contributed by atoms with Crippen molar-refractivity contribution in [1.29, 1.82) is 5.26 Å². The lowest BCUT2D eigenvalue weighted by Gasteiger charge is -2.19. The van der Waals surface area contributed by atoms with E-state index in [0.717, 1.165) is 0 Å². The lowest BCUT2D eigenvalue weighted by molar-refractivity contribution is -0.155. The largest absolute Gasteiger partial charge is 0.460 e. The first kappa shape index (κ1) is 15.4. The molecule has 96 valence electrons. The van der Waals surface area contributed by atoms with E-state index in [4.69, 9.17) is 10.00 Å². The number of carbonyl (C=O) groups excluding carboxylic acids is 2. The number of carbonyl (C=O) groups is 2. The third kappa shape index (κ3) is 9.36. The van der Waals surface area contributed by atoms with Crippen molar-refractivity contribution in [2.45, 2.75) is 46.1 Å². The molecule has 1 amide bonds. The SMILES string of the molecule is C[C@H](C#N)CNC(=O)CCC(=O)OC(C)(C)C. The van der Waals surface area contributed by atoms with Gasteiger partial charge in [0, 0.05) is 13.0 Å². The molecule has 5 heteroatoms. The Morgan fingerprint density at radius 2 is 1.94 bits per heavy atom. The molecule has 0 fully saturated rings. The van der Waals surface area contributed by atoms with E-state index in [1.807, 2.05) is 6.07 Å². The quantitative estimate of drug-likeness (QED) is 0.736. The van der Waals surface area contributed by atoms with Gasteiger partial charge in [-0.25, -0.2) is 0 Å². The minimum atomic E-state index is -0.525. The predicted molar refractivity (Wildman–Crippen MR) is 62.9 cm³/mol. The van der Waals surface area contributed by atoms with Gasteiger partial charge in [-0.15, -0.1) is 0 Å². The van der Waals surface area contributed by atoms with E-state index in [1.165, 1.54) is 0 Å². The van der Waals surface area contributed by atoms with E-state index in [0.29, 0.717) is 6.54 Å². The second kappa shape index (κ2) is 6.89. The standard InChI is InChI=1S/C12H20N2O3/c1-9(7-13)8-14-10(15)5-6-11(16)17-12(2,3)4/h9H,5-6,8H2,1-4H3,(H,14,15)/t9-/m1/s1. The Bertz CT molecular complexity index is 313. The molecule has 0 heterocycles. The summed E-state index contributed by atoms with van der Waals surface area (Å²) < 4.78 is 5.06. The van der Waals surface area contributed by atoms with Crippen molar-refractivity contribution >= 4 is 11.9 Å². The molecule has 0 aromatic rings. The Labute approximate surface area is 102 Å². The van der Waals surface area contributed by atoms with E-state index in [9.17, 15) is 9.59 Å². The summed E-state index contributed by atoms with van der Waals surface area (Å²) in [7, 11) is 0. The average Bonchev–Trinajstić information content (AvgIpc) is 2.20. The maximum Gasteiger partial charge on any atom is 0.306 e. The van der Waals surface area contributed by atoms with Crippen molar-refractivity contribution in [1.82, 2.24) is 5.32 Å². The van der Waals surface area contributed by atoms with Gasteiger partial charge in [-0.3, -0.25) is 9.59 Å². The summed E-state index contributed by atoms with van der Waals surface area (Å²) in [6.07, 6.45) is 0.150. The van der Waals surface area contributed by atoms with E-state index in [-0.39, 0.29) is 30.6 Å². The number of hydrogen-bond acceptors (Lipinski definition) is 4. The fourth-order valence-electron chi connectivity index (χ4n) is 1.01. The molecule has 0 aromatic carbocycles. The smallest absolute Gasteiger partial charge is 0.306 e. The second-order valence-electron chi connectivity index (χ2n) is 4.92. The highest BCUT2D eigenvalue weighted by molar-refractivity contribution is 5.81. The molecule has 0 aliphatic heterocycles. The summed E-state index contributed by atoms with van der Waals surface area (Å²) in [5.41, 5.74) is -0.525. The van der Waals surface area contributed by atoms with Crippen molar-refractivity contribution in [2.24, 2.45) is 5.92 Å². The van der Waals surface area contributed by atoms with E-state index in [2.05, 4.69) is 5.32 Å². The number of nitriles is 1. The minimum absolute atomic E-state index is 0.0596. The number of nitrogens with zero attached hydrogens (tertiary/aromatic N) is 1. The Morgan fingerprint density at radius 1 is 1.35 bits per heavy atom. The van der Waals surface area contributed by atoms with Crippen LogP contribution in [0.4, 0.5) is 0 Å². The summed E-state index contributed by atoms with van der Waals surface area (Å²) in [5.74, 6) is -0.848. The van der Waals surface area contributed by atoms with Gasteiger partial charge < -0.3 is 10.1 Å². The van der Waals surface area contributed by atoms with E-state index in [1.54, 1.807) is 27.7 Å². The molecule has 0 saturated heterocycles. The Morgan fingerprint density at radius 3 is 2.41 bits per heavy atom. The van der Waals surface area contributed by atoms with Crippen LogP contribution in [-0.2, 0) is 14.3 Å². The first-order valence-corrected chi connectivity index (χ1v) is 5.63. The molecule has 17 heavy (non-hydrogen) atoms. The fourth-order valence-corrected chi connectivity index (χ4v) is 1.01. The average molecular weight is 240 g/mol. The van der Waals surface area contributed by atoms with Gasteiger partial charge in [0.2, 0.25) is 5.91 Å². The van der Waals surface area contributed by atoms with Crippen molar-refractivity contribution in [3.05, 3.63) is 0 Å². The minimum Gasteiger partial charge on any atom is -0.460 e. The van der Waals surface area contributed by atoms with Crippen LogP contribution in [0.15, 0.2) is 0 Å². The lowest BCUT2D eigenvalue weighted by atomic mass is 10.2. The second-order valence-corrected chi connectivity index (χ2v) is 4.92. The summed E-state index contributed by atoms with van der Waals surface area (Å²) in [6, 6.07) is 2.01. The number of esters is 1. The highest BCUT2D eigenvalue weighted by atomic mass is 16.6. The van der Waals surface area contributed by atoms with Crippen LogP contribution < -0.4 is 5.32 Å². The predicted octanol–water partition coefficient (Wildman–Crippen LogP) is 1.38. The molecule has 0 aliphatic rings. The van der Waals surface area contributed by atoms with Crippen LogP contribution in [0.5, 0.6) is 0 Å². The van der Waals surface area contributed by atoms with Gasteiger partial charge >= 0.3 is 5.97 Å². The zero-order chi connectivity index (χ0) is 13.5. The Kier molecular flexibility index (Phi) is 6.26. The first-order chi connectivity index (χ1) is 7.74. The van der Waals surface area contributed by atoms with E-state index >= 15 is 0 Å². The molecule has 1 atom stereocenters. The third-order valence-corrected chi connectivity index (χ3v) is 1.80. The van der Waals surface area contributed by atoms with Gasteiger partial charge in [-0.1, -0.05) is 0 Å². The Balaban J connectivity index is 3.78. The van der Waals surface area contributed by atoms with Crippen LogP contribution in [0.2, 0.25) is 0 Å². The molecule has 0 aliphatic carbocycles. The van der Waals surface area contributed by atoms with Crippen LogP contribution in [0, 0.1) is 17.2 Å². The number of nitrogens with one attached hydrogen (secondary N) is 1. The van der Waals surface area contributed by atoms with Crippen LogP contribution in [-0.4, -0.2) is 24.0 Å². The molecular formula is C12H20N2O3. The highest BCUT2D eigenvalue weighted by Crippen LogP contribution is 2.08. The van der Waals surface area contributed by atoms with Crippen LogP contribution in [0.25, 0.3) is 0 Å². The molecule has 0 rings (SSSR count). The van der Waals surface area contributed by atoms with Gasteiger partial charge in [-0.2, -0.15) is 5.26 Å².